The number of rotatable bonds is 0. The number of hydrogen-bond donors (Lipinski definition) is 1. The number of ether oxygens (including phenoxy) is 1. The zero-order valence-electron chi connectivity index (χ0n) is 12.1. The maximum Gasteiger partial charge on any atom is 0.410 e. The van der Waals surface area contributed by atoms with E-state index in [-0.39, 0.29) is 12.1 Å². The Labute approximate surface area is 133 Å². The third-order valence-corrected chi connectivity index (χ3v) is 3.90. The maximum atomic E-state index is 12.2. The predicted octanol–water partition coefficient (Wildman–Crippen LogP) is 3.43. The minimum atomic E-state index is -0.473. The second kappa shape index (κ2) is 5.89. The number of benzene rings is 1. The van der Waals surface area contributed by atoms with E-state index in [1.54, 1.807) is 4.90 Å². The van der Waals surface area contributed by atoms with Gasteiger partial charge in [0.1, 0.15) is 5.60 Å². The summed E-state index contributed by atoms with van der Waals surface area (Å²) in [7, 11) is 0. The molecule has 0 radical (unpaired) electrons. The van der Waals surface area contributed by atoms with Crippen LogP contribution in [-0.2, 0) is 11.3 Å². The first-order valence-corrected chi connectivity index (χ1v) is 7.86. The topological polar surface area (TPSA) is 55.6 Å². The normalized spacial score (nSPS) is 19.2. The van der Waals surface area contributed by atoms with Crippen molar-refractivity contribution in [3.63, 3.8) is 0 Å². The van der Waals surface area contributed by atoms with Crippen molar-refractivity contribution < 1.29 is 9.53 Å². The number of carbonyl (C=O) groups excluding carboxylic acids is 1. The maximum absolute atomic E-state index is 12.2. The van der Waals surface area contributed by atoms with Crippen LogP contribution in [0.2, 0.25) is 0 Å². The molecule has 20 heavy (non-hydrogen) atoms. The summed E-state index contributed by atoms with van der Waals surface area (Å²) in [5.74, 6) is 0. The van der Waals surface area contributed by atoms with Crippen molar-refractivity contribution in [2.24, 2.45) is 5.73 Å². The Morgan fingerprint density at radius 1 is 1.45 bits per heavy atom. The van der Waals surface area contributed by atoms with Crippen LogP contribution in [-0.4, -0.2) is 23.1 Å². The number of nitrogens with zero attached hydrogens (tertiary/aromatic N) is 1. The molecule has 0 saturated heterocycles. The minimum Gasteiger partial charge on any atom is -0.444 e. The van der Waals surface area contributed by atoms with Crippen molar-refractivity contribution in [1.82, 2.24) is 4.90 Å². The standard InChI is InChI=1S/C15H21IN2O2/c1-15(2,3)20-14(19)18-7-6-13(17)12-5-4-11(16)8-10(12)9-18/h4-5,8,13H,6-7,9,17H2,1-3H3/t13-/m0/s1. The zero-order valence-corrected chi connectivity index (χ0v) is 14.3. The molecule has 0 fully saturated rings. The summed E-state index contributed by atoms with van der Waals surface area (Å²) >= 11 is 2.28. The highest BCUT2D eigenvalue weighted by atomic mass is 127. The van der Waals surface area contributed by atoms with E-state index in [0.29, 0.717) is 13.1 Å². The summed E-state index contributed by atoms with van der Waals surface area (Å²) in [6, 6.07) is 6.20. The summed E-state index contributed by atoms with van der Waals surface area (Å²) in [6.07, 6.45) is 0.490. The van der Waals surface area contributed by atoms with E-state index < -0.39 is 5.60 Å². The first-order valence-electron chi connectivity index (χ1n) is 6.78. The van der Waals surface area contributed by atoms with E-state index in [0.717, 1.165) is 21.1 Å². The Morgan fingerprint density at radius 3 is 2.80 bits per heavy atom. The molecule has 0 unspecified atom stereocenters. The lowest BCUT2D eigenvalue weighted by Gasteiger charge is -2.26. The number of amides is 1. The van der Waals surface area contributed by atoms with Crippen molar-refractivity contribution in [3.05, 3.63) is 32.9 Å². The van der Waals surface area contributed by atoms with Gasteiger partial charge in [0, 0.05) is 22.7 Å². The Bertz CT molecular complexity index is 511. The van der Waals surface area contributed by atoms with Crippen molar-refractivity contribution >= 4 is 28.7 Å². The van der Waals surface area contributed by atoms with Crippen LogP contribution < -0.4 is 5.73 Å². The molecule has 5 heteroatoms. The predicted molar refractivity (Wildman–Crippen MR) is 87.3 cm³/mol. The lowest BCUT2D eigenvalue weighted by Crippen LogP contribution is -2.36. The average molecular weight is 388 g/mol. The summed E-state index contributed by atoms with van der Waals surface area (Å²) in [6.45, 7) is 6.83. The van der Waals surface area contributed by atoms with Gasteiger partial charge in [-0.3, -0.25) is 0 Å². The van der Waals surface area contributed by atoms with Gasteiger partial charge in [0.05, 0.1) is 0 Å². The Balaban J connectivity index is 2.22. The molecule has 1 aromatic rings. The molecule has 2 N–H and O–H groups in total. The zero-order chi connectivity index (χ0) is 14.9. The molecule has 0 saturated carbocycles. The molecular formula is C15H21IN2O2. The van der Waals surface area contributed by atoms with Gasteiger partial charge in [-0.1, -0.05) is 6.07 Å². The third-order valence-electron chi connectivity index (χ3n) is 3.23. The van der Waals surface area contributed by atoms with Gasteiger partial charge in [-0.2, -0.15) is 0 Å². The number of halogens is 1. The summed E-state index contributed by atoms with van der Waals surface area (Å²) in [5, 5.41) is 0. The van der Waals surface area contributed by atoms with Gasteiger partial charge in [-0.25, -0.2) is 4.79 Å². The molecule has 1 atom stereocenters. The molecule has 1 aromatic carbocycles. The Hall–Kier alpha value is -0.820. The fourth-order valence-electron chi connectivity index (χ4n) is 2.29. The first-order chi connectivity index (χ1) is 9.26. The molecule has 0 aliphatic carbocycles. The summed E-state index contributed by atoms with van der Waals surface area (Å²) in [4.78, 5) is 14.0. The number of nitrogens with two attached hydrogens (primary N) is 1. The molecule has 2 rings (SSSR count). The molecule has 0 aromatic heterocycles. The highest BCUT2D eigenvalue weighted by molar-refractivity contribution is 14.1. The van der Waals surface area contributed by atoms with Crippen LogP contribution in [0.1, 0.15) is 44.4 Å². The van der Waals surface area contributed by atoms with Crippen LogP contribution in [0.4, 0.5) is 4.79 Å². The van der Waals surface area contributed by atoms with Crippen molar-refractivity contribution in [3.8, 4) is 0 Å². The van der Waals surface area contributed by atoms with Crippen molar-refractivity contribution in [2.45, 2.75) is 45.4 Å². The van der Waals surface area contributed by atoms with Crippen LogP contribution in [0.25, 0.3) is 0 Å². The fraction of sp³-hybridized carbons (Fsp3) is 0.533. The van der Waals surface area contributed by atoms with Crippen LogP contribution in [0.15, 0.2) is 18.2 Å². The molecule has 1 aliphatic rings. The van der Waals surface area contributed by atoms with Crippen LogP contribution in [0.5, 0.6) is 0 Å². The highest BCUT2D eigenvalue weighted by Crippen LogP contribution is 2.27. The minimum absolute atomic E-state index is 0.0190. The van der Waals surface area contributed by atoms with Gasteiger partial charge >= 0.3 is 6.09 Å². The second-order valence-electron chi connectivity index (χ2n) is 6.14. The average Bonchev–Trinajstić information content (AvgIpc) is 2.46. The second-order valence-corrected chi connectivity index (χ2v) is 7.39. The van der Waals surface area contributed by atoms with Gasteiger partial charge in [0.15, 0.2) is 0 Å². The number of carbonyl (C=O) groups is 1. The molecule has 110 valence electrons. The molecular weight excluding hydrogens is 367 g/mol. The van der Waals surface area contributed by atoms with Crippen molar-refractivity contribution in [1.29, 1.82) is 0 Å². The molecule has 1 aliphatic heterocycles. The van der Waals surface area contributed by atoms with Gasteiger partial charge in [-0.15, -0.1) is 0 Å². The molecule has 0 bridgehead atoms. The quantitative estimate of drug-likeness (QED) is 0.693. The SMILES string of the molecule is CC(C)(C)OC(=O)N1CC[C@H](N)c2ccc(I)cc2C1. The van der Waals surface area contributed by atoms with Crippen LogP contribution in [0.3, 0.4) is 0 Å². The van der Waals surface area contributed by atoms with E-state index in [1.807, 2.05) is 20.8 Å². The van der Waals surface area contributed by atoms with Crippen molar-refractivity contribution in [2.75, 3.05) is 6.54 Å². The summed E-state index contributed by atoms with van der Waals surface area (Å²) < 4.78 is 6.61. The highest BCUT2D eigenvalue weighted by Gasteiger charge is 2.26. The first kappa shape index (κ1) is 15.6. The summed E-state index contributed by atoms with van der Waals surface area (Å²) in [5.41, 5.74) is 7.99. The molecule has 4 nitrogen and oxygen atoms in total. The number of hydrogen-bond acceptors (Lipinski definition) is 3. The largest absolute Gasteiger partial charge is 0.444 e. The Kier molecular flexibility index (Phi) is 4.59. The van der Waals surface area contributed by atoms with Gasteiger partial charge in [0.2, 0.25) is 0 Å². The van der Waals surface area contributed by atoms with E-state index in [9.17, 15) is 4.79 Å². The van der Waals surface area contributed by atoms with Crippen LogP contribution >= 0.6 is 22.6 Å². The molecule has 1 heterocycles. The van der Waals surface area contributed by atoms with E-state index in [1.165, 1.54) is 0 Å². The lowest BCUT2D eigenvalue weighted by molar-refractivity contribution is 0.0235. The Morgan fingerprint density at radius 2 is 2.15 bits per heavy atom. The van der Waals surface area contributed by atoms with E-state index in [2.05, 4.69) is 40.8 Å². The van der Waals surface area contributed by atoms with Gasteiger partial charge < -0.3 is 15.4 Å². The van der Waals surface area contributed by atoms with E-state index in [4.69, 9.17) is 10.5 Å². The fourth-order valence-corrected chi connectivity index (χ4v) is 2.85. The van der Waals surface area contributed by atoms with Gasteiger partial charge in [-0.05, 0) is 73.0 Å². The molecule has 0 spiro atoms. The third kappa shape index (κ3) is 3.85. The lowest BCUT2D eigenvalue weighted by atomic mass is 10.0. The molecule has 1 amide bonds. The smallest absolute Gasteiger partial charge is 0.410 e. The van der Waals surface area contributed by atoms with Gasteiger partial charge in [0.25, 0.3) is 0 Å². The number of fused-ring (bicyclic) bond motifs is 1. The van der Waals surface area contributed by atoms with Crippen LogP contribution in [0, 0.1) is 3.57 Å². The van der Waals surface area contributed by atoms with E-state index >= 15 is 0 Å². The monoisotopic (exact) mass is 388 g/mol.